The van der Waals surface area contributed by atoms with Crippen molar-refractivity contribution in [2.45, 2.75) is 96.8 Å². The molecule has 2 saturated carbocycles. The molecule has 218 valence electrons. The minimum absolute atomic E-state index is 0.128. The molecule has 0 nitrogen and oxygen atoms in total. The average molecular weight is 559 g/mol. The highest BCUT2D eigenvalue weighted by atomic mass is 19.2. The van der Waals surface area contributed by atoms with Crippen LogP contribution in [0.15, 0.2) is 66.7 Å². The third-order valence-corrected chi connectivity index (χ3v) is 9.96. The topological polar surface area (TPSA) is 0 Å². The lowest BCUT2D eigenvalue weighted by Crippen LogP contribution is -2.25. The fraction of sp³-hybridized carbons (Fsp3) is 0.474. The first-order valence-corrected chi connectivity index (χ1v) is 16.0. The van der Waals surface area contributed by atoms with E-state index in [9.17, 15) is 8.78 Å². The summed E-state index contributed by atoms with van der Waals surface area (Å²) in [5.41, 5.74) is 3.80. The molecule has 0 saturated heterocycles. The molecule has 0 amide bonds. The van der Waals surface area contributed by atoms with E-state index in [1.54, 1.807) is 30.3 Å². The predicted octanol–water partition coefficient (Wildman–Crippen LogP) is 11.8. The van der Waals surface area contributed by atoms with Gasteiger partial charge in [0.25, 0.3) is 0 Å². The van der Waals surface area contributed by atoms with Crippen molar-refractivity contribution < 1.29 is 13.2 Å². The molecule has 0 aliphatic heterocycles. The second-order valence-corrected chi connectivity index (χ2v) is 12.5. The van der Waals surface area contributed by atoms with Gasteiger partial charge in [-0.05, 0) is 122 Å². The number of hydrogen-bond acceptors (Lipinski definition) is 0. The highest BCUT2D eigenvalue weighted by Gasteiger charge is 2.32. The third-order valence-electron chi connectivity index (χ3n) is 9.96. The van der Waals surface area contributed by atoms with E-state index in [1.165, 1.54) is 51.4 Å². The van der Waals surface area contributed by atoms with Crippen LogP contribution >= 0.6 is 0 Å². The van der Waals surface area contributed by atoms with Gasteiger partial charge in [-0.2, -0.15) is 0 Å². The number of benzene rings is 3. The molecule has 2 aliphatic carbocycles. The van der Waals surface area contributed by atoms with Crippen molar-refractivity contribution in [1.82, 2.24) is 0 Å². The number of hydrogen-bond donors (Lipinski definition) is 0. The Kier molecular flexibility index (Phi) is 10.1. The predicted molar refractivity (Wildman–Crippen MR) is 165 cm³/mol. The zero-order valence-corrected chi connectivity index (χ0v) is 24.8. The lowest BCUT2D eigenvalue weighted by atomic mass is 9.68. The molecule has 2 aliphatic rings. The van der Waals surface area contributed by atoms with Gasteiger partial charge in [0, 0.05) is 5.56 Å². The molecule has 0 radical (unpaired) electrons. The standard InChI is InChI=1S/C38H45F3/c1-3-5-6-8-26-9-11-27(12-10-26)28-13-17-30(18-14-28)34-23-22-33(25-36(34)39)29-15-19-31(20-16-29)35-24-21-32(7-4-2)37(40)38(35)41/h3,5,15-16,19-28,30H,4,6-14,17-18H2,1-2H3/b5-3+. The zero-order chi connectivity index (χ0) is 28.8. The van der Waals surface area contributed by atoms with Crippen molar-refractivity contribution in [3.05, 3.63) is 95.3 Å². The minimum atomic E-state index is -0.804. The Bertz CT molecular complexity index is 1310. The molecule has 0 unspecified atom stereocenters. The normalized spacial score (nSPS) is 23.2. The molecule has 0 spiro atoms. The maximum absolute atomic E-state index is 15.4. The maximum Gasteiger partial charge on any atom is 0.166 e. The number of halogens is 3. The first kappa shape index (κ1) is 29.7. The van der Waals surface area contributed by atoms with Crippen LogP contribution in [-0.2, 0) is 6.42 Å². The quantitative estimate of drug-likeness (QED) is 0.229. The van der Waals surface area contributed by atoms with Gasteiger partial charge in [0.1, 0.15) is 5.82 Å². The van der Waals surface area contributed by atoms with Gasteiger partial charge in [-0.1, -0.05) is 86.9 Å². The van der Waals surface area contributed by atoms with Crippen LogP contribution in [0.1, 0.15) is 102 Å². The summed E-state index contributed by atoms with van der Waals surface area (Å²) in [6, 6.07) is 16.2. The fourth-order valence-electron chi connectivity index (χ4n) is 7.50. The Labute approximate surface area is 245 Å². The van der Waals surface area contributed by atoms with E-state index in [4.69, 9.17) is 0 Å². The fourth-order valence-corrected chi connectivity index (χ4v) is 7.50. The molecule has 0 N–H and O–H groups in total. The minimum Gasteiger partial charge on any atom is -0.207 e. The van der Waals surface area contributed by atoms with E-state index in [2.05, 4.69) is 19.1 Å². The number of rotatable bonds is 9. The number of aryl methyl sites for hydroxylation is 1. The van der Waals surface area contributed by atoms with Crippen LogP contribution in [0.4, 0.5) is 13.2 Å². The van der Waals surface area contributed by atoms with E-state index in [0.717, 1.165) is 53.7 Å². The van der Waals surface area contributed by atoms with Crippen LogP contribution < -0.4 is 0 Å². The molecule has 0 aromatic heterocycles. The summed E-state index contributed by atoms with van der Waals surface area (Å²) >= 11 is 0. The van der Waals surface area contributed by atoms with Gasteiger partial charge < -0.3 is 0 Å². The summed E-state index contributed by atoms with van der Waals surface area (Å²) in [5.74, 6) is 1.19. The Morgan fingerprint density at radius 1 is 0.707 bits per heavy atom. The van der Waals surface area contributed by atoms with Crippen LogP contribution in [0.3, 0.4) is 0 Å². The molecule has 3 heteroatoms. The van der Waals surface area contributed by atoms with Crippen molar-refractivity contribution in [3.63, 3.8) is 0 Å². The molecule has 2 fully saturated rings. The highest BCUT2D eigenvalue weighted by molar-refractivity contribution is 5.71. The van der Waals surface area contributed by atoms with Crippen LogP contribution in [0.25, 0.3) is 22.3 Å². The Balaban J connectivity index is 1.18. The van der Waals surface area contributed by atoms with Crippen molar-refractivity contribution in [1.29, 1.82) is 0 Å². The lowest BCUT2D eigenvalue weighted by molar-refractivity contribution is 0.156. The molecule has 5 rings (SSSR count). The molecule has 41 heavy (non-hydrogen) atoms. The zero-order valence-electron chi connectivity index (χ0n) is 24.8. The van der Waals surface area contributed by atoms with Crippen LogP contribution in [0, 0.1) is 35.2 Å². The van der Waals surface area contributed by atoms with Gasteiger partial charge >= 0.3 is 0 Å². The van der Waals surface area contributed by atoms with Gasteiger partial charge in [0.05, 0.1) is 0 Å². The van der Waals surface area contributed by atoms with Gasteiger partial charge in [0.2, 0.25) is 0 Å². The summed E-state index contributed by atoms with van der Waals surface area (Å²) in [4.78, 5) is 0. The SMILES string of the molecule is C/C=C/CCC1CCC(C2CCC(c3ccc(-c4ccc(-c5ccc(CCC)c(F)c5F)cc4)cc3F)CC2)CC1. The first-order valence-electron chi connectivity index (χ1n) is 16.0. The Morgan fingerprint density at radius 3 is 1.98 bits per heavy atom. The monoisotopic (exact) mass is 558 g/mol. The Hall–Kier alpha value is -2.81. The largest absolute Gasteiger partial charge is 0.207 e. The second kappa shape index (κ2) is 13.9. The van der Waals surface area contributed by atoms with E-state index >= 15 is 4.39 Å². The van der Waals surface area contributed by atoms with Gasteiger partial charge in [-0.25, -0.2) is 13.2 Å². The Morgan fingerprint density at radius 2 is 1.34 bits per heavy atom. The van der Waals surface area contributed by atoms with E-state index in [-0.39, 0.29) is 11.4 Å². The van der Waals surface area contributed by atoms with E-state index < -0.39 is 11.6 Å². The molecule has 3 aromatic carbocycles. The lowest BCUT2D eigenvalue weighted by Gasteiger charge is -2.38. The van der Waals surface area contributed by atoms with E-state index in [0.29, 0.717) is 23.5 Å². The summed E-state index contributed by atoms with van der Waals surface area (Å²) in [7, 11) is 0. The van der Waals surface area contributed by atoms with Crippen molar-refractivity contribution in [2.24, 2.45) is 17.8 Å². The summed E-state index contributed by atoms with van der Waals surface area (Å²) < 4.78 is 44.6. The third kappa shape index (κ3) is 6.99. The number of allylic oxidation sites excluding steroid dienone is 2. The van der Waals surface area contributed by atoms with Crippen molar-refractivity contribution in [3.8, 4) is 22.3 Å². The molecular formula is C38H45F3. The van der Waals surface area contributed by atoms with Crippen LogP contribution in [-0.4, -0.2) is 0 Å². The summed E-state index contributed by atoms with van der Waals surface area (Å²) in [5, 5.41) is 0. The van der Waals surface area contributed by atoms with Crippen LogP contribution in [0.5, 0.6) is 0 Å². The van der Waals surface area contributed by atoms with E-state index in [1.807, 2.05) is 31.2 Å². The summed E-state index contributed by atoms with van der Waals surface area (Å²) in [6.45, 7) is 4.05. The highest BCUT2D eigenvalue weighted by Crippen LogP contribution is 2.45. The average Bonchev–Trinajstić information content (AvgIpc) is 3.00. The van der Waals surface area contributed by atoms with Gasteiger partial charge in [-0.15, -0.1) is 0 Å². The molecule has 3 aromatic rings. The van der Waals surface area contributed by atoms with Crippen molar-refractivity contribution in [2.75, 3.05) is 0 Å². The second-order valence-electron chi connectivity index (χ2n) is 12.5. The summed E-state index contributed by atoms with van der Waals surface area (Å²) in [6.07, 6.45) is 18.4. The first-order chi connectivity index (χ1) is 20.0. The van der Waals surface area contributed by atoms with Crippen LogP contribution in [0.2, 0.25) is 0 Å². The molecule has 0 heterocycles. The van der Waals surface area contributed by atoms with Gasteiger partial charge in [-0.3, -0.25) is 0 Å². The molecular weight excluding hydrogens is 513 g/mol. The smallest absolute Gasteiger partial charge is 0.166 e. The van der Waals surface area contributed by atoms with Crippen molar-refractivity contribution >= 4 is 0 Å². The molecule has 0 bridgehead atoms. The molecule has 0 atom stereocenters. The van der Waals surface area contributed by atoms with Gasteiger partial charge in [0.15, 0.2) is 11.6 Å². The maximum atomic E-state index is 15.4.